The first-order chi connectivity index (χ1) is 14.6. The summed E-state index contributed by atoms with van der Waals surface area (Å²) in [7, 11) is 0. The number of thioether (sulfide) groups is 1. The average Bonchev–Trinajstić information content (AvgIpc) is 2.69. The van der Waals surface area contributed by atoms with Crippen LogP contribution in [0.4, 0.5) is 11.4 Å². The lowest BCUT2D eigenvalue weighted by molar-refractivity contribution is -0.125. The van der Waals surface area contributed by atoms with Crippen LogP contribution in [0.3, 0.4) is 0 Å². The van der Waals surface area contributed by atoms with Crippen molar-refractivity contribution < 1.29 is 19.2 Å². The SMILES string of the molecule is CC(=O)Nc1cccc(NC(=O)CSc2ccccc2C(=O)NCC(=O)C(C)(C)C)c1. The fourth-order valence-corrected chi connectivity index (χ4v) is 3.37. The van der Waals surface area contributed by atoms with E-state index in [0.717, 1.165) is 0 Å². The second-order valence-corrected chi connectivity index (χ2v) is 8.97. The number of carbonyl (C=O) groups is 4. The van der Waals surface area contributed by atoms with Gasteiger partial charge in [-0.3, -0.25) is 19.2 Å². The van der Waals surface area contributed by atoms with Crippen LogP contribution in [0, 0.1) is 5.41 Å². The van der Waals surface area contributed by atoms with Crippen molar-refractivity contribution in [2.45, 2.75) is 32.6 Å². The van der Waals surface area contributed by atoms with Crippen molar-refractivity contribution in [1.82, 2.24) is 5.32 Å². The number of rotatable bonds is 8. The van der Waals surface area contributed by atoms with E-state index in [2.05, 4.69) is 16.0 Å². The fourth-order valence-electron chi connectivity index (χ4n) is 2.52. The minimum absolute atomic E-state index is 0.0491. The quantitative estimate of drug-likeness (QED) is 0.542. The lowest BCUT2D eigenvalue weighted by atomic mass is 9.91. The van der Waals surface area contributed by atoms with E-state index in [1.54, 1.807) is 69.3 Å². The van der Waals surface area contributed by atoms with Crippen LogP contribution in [-0.4, -0.2) is 35.8 Å². The van der Waals surface area contributed by atoms with Gasteiger partial charge in [0.15, 0.2) is 5.78 Å². The van der Waals surface area contributed by atoms with Crippen LogP contribution in [0.5, 0.6) is 0 Å². The van der Waals surface area contributed by atoms with Crippen LogP contribution >= 0.6 is 11.8 Å². The summed E-state index contributed by atoms with van der Waals surface area (Å²) in [5.74, 6) is -0.771. The zero-order valence-corrected chi connectivity index (χ0v) is 18.9. The molecule has 0 fully saturated rings. The highest BCUT2D eigenvalue weighted by molar-refractivity contribution is 8.00. The molecule has 0 unspecified atom stereocenters. The molecular formula is C23H27N3O4S. The summed E-state index contributed by atoms with van der Waals surface area (Å²) in [5.41, 5.74) is 1.03. The Labute approximate surface area is 186 Å². The van der Waals surface area contributed by atoms with E-state index < -0.39 is 5.41 Å². The van der Waals surface area contributed by atoms with E-state index in [1.165, 1.54) is 18.7 Å². The molecule has 3 N–H and O–H groups in total. The van der Waals surface area contributed by atoms with Gasteiger partial charge in [0.1, 0.15) is 0 Å². The van der Waals surface area contributed by atoms with Crippen molar-refractivity contribution >= 4 is 46.6 Å². The Morgan fingerprint density at radius 3 is 2.19 bits per heavy atom. The molecule has 0 spiro atoms. The molecule has 0 aliphatic rings. The first-order valence-corrected chi connectivity index (χ1v) is 10.8. The van der Waals surface area contributed by atoms with Crippen LogP contribution in [0.2, 0.25) is 0 Å². The Kier molecular flexibility index (Phi) is 8.38. The molecule has 2 rings (SSSR count). The van der Waals surface area contributed by atoms with Crippen LogP contribution in [0.1, 0.15) is 38.1 Å². The lowest BCUT2D eigenvalue weighted by Gasteiger charge is -2.17. The number of anilines is 2. The Balaban J connectivity index is 1.97. The van der Waals surface area contributed by atoms with Gasteiger partial charge in [-0.1, -0.05) is 39.0 Å². The van der Waals surface area contributed by atoms with E-state index >= 15 is 0 Å². The standard InChI is InChI=1S/C23H27N3O4S/c1-15(27)25-16-8-7-9-17(12-16)26-21(29)14-31-19-11-6-5-10-18(19)22(30)24-13-20(28)23(2,3)4/h5-12H,13-14H2,1-4H3,(H,24,30)(H,25,27)(H,26,29). The van der Waals surface area contributed by atoms with Crippen molar-refractivity contribution in [2.75, 3.05) is 22.9 Å². The van der Waals surface area contributed by atoms with Gasteiger partial charge in [-0.2, -0.15) is 0 Å². The third-order valence-electron chi connectivity index (χ3n) is 4.20. The number of nitrogens with one attached hydrogen (secondary N) is 3. The topological polar surface area (TPSA) is 104 Å². The molecule has 3 amide bonds. The molecule has 2 aromatic carbocycles. The average molecular weight is 442 g/mol. The number of Topliss-reactive ketones (excluding diaryl/α,β-unsaturated/α-hetero) is 1. The molecule has 0 saturated heterocycles. The highest BCUT2D eigenvalue weighted by Crippen LogP contribution is 2.23. The van der Waals surface area contributed by atoms with E-state index in [9.17, 15) is 19.2 Å². The van der Waals surface area contributed by atoms with Gasteiger partial charge in [0, 0.05) is 28.6 Å². The van der Waals surface area contributed by atoms with Gasteiger partial charge >= 0.3 is 0 Å². The first kappa shape index (κ1) is 24.1. The maximum absolute atomic E-state index is 12.5. The maximum atomic E-state index is 12.5. The fraction of sp³-hybridized carbons (Fsp3) is 0.304. The van der Waals surface area contributed by atoms with E-state index in [-0.39, 0.29) is 35.8 Å². The largest absolute Gasteiger partial charge is 0.345 e. The number of benzene rings is 2. The summed E-state index contributed by atoms with van der Waals surface area (Å²) < 4.78 is 0. The van der Waals surface area contributed by atoms with Crippen LogP contribution in [0.25, 0.3) is 0 Å². The third kappa shape index (κ3) is 7.90. The van der Waals surface area contributed by atoms with Crippen LogP contribution in [-0.2, 0) is 14.4 Å². The summed E-state index contributed by atoms with van der Waals surface area (Å²) in [6, 6.07) is 13.8. The lowest BCUT2D eigenvalue weighted by Crippen LogP contribution is -2.35. The molecule has 164 valence electrons. The summed E-state index contributed by atoms with van der Waals surface area (Å²) in [4.78, 5) is 48.8. The summed E-state index contributed by atoms with van der Waals surface area (Å²) in [5, 5.41) is 8.09. The van der Waals surface area contributed by atoms with Crippen molar-refractivity contribution in [2.24, 2.45) is 5.41 Å². The zero-order valence-electron chi connectivity index (χ0n) is 18.1. The second-order valence-electron chi connectivity index (χ2n) is 7.95. The van der Waals surface area contributed by atoms with Crippen molar-refractivity contribution in [3.8, 4) is 0 Å². The molecule has 0 saturated carbocycles. The Morgan fingerprint density at radius 2 is 1.55 bits per heavy atom. The van der Waals surface area contributed by atoms with E-state index in [1.807, 2.05) is 0 Å². The molecule has 0 aliphatic heterocycles. The van der Waals surface area contributed by atoms with E-state index in [0.29, 0.717) is 21.8 Å². The Bertz CT molecular complexity index is 983. The molecule has 7 nitrogen and oxygen atoms in total. The Hall–Kier alpha value is -3.13. The van der Waals surface area contributed by atoms with Crippen molar-refractivity contribution in [3.63, 3.8) is 0 Å². The molecule has 0 atom stereocenters. The molecule has 0 bridgehead atoms. The molecule has 8 heteroatoms. The molecule has 0 heterocycles. The normalized spacial score (nSPS) is 10.8. The van der Waals surface area contributed by atoms with Gasteiger partial charge in [-0.05, 0) is 30.3 Å². The van der Waals surface area contributed by atoms with Crippen LogP contribution < -0.4 is 16.0 Å². The number of amides is 3. The summed E-state index contributed by atoms with van der Waals surface area (Å²) in [6.07, 6.45) is 0. The molecule has 0 aliphatic carbocycles. The summed E-state index contributed by atoms with van der Waals surface area (Å²) >= 11 is 1.23. The van der Waals surface area contributed by atoms with Crippen molar-refractivity contribution in [1.29, 1.82) is 0 Å². The molecule has 0 radical (unpaired) electrons. The highest BCUT2D eigenvalue weighted by atomic mass is 32.2. The van der Waals surface area contributed by atoms with Gasteiger partial charge in [0.05, 0.1) is 17.9 Å². The smallest absolute Gasteiger partial charge is 0.252 e. The van der Waals surface area contributed by atoms with E-state index in [4.69, 9.17) is 0 Å². The Morgan fingerprint density at radius 1 is 0.903 bits per heavy atom. The first-order valence-electron chi connectivity index (χ1n) is 9.77. The molecular weight excluding hydrogens is 414 g/mol. The molecule has 2 aromatic rings. The monoisotopic (exact) mass is 441 g/mol. The number of carbonyl (C=O) groups excluding carboxylic acids is 4. The number of ketones is 1. The van der Waals surface area contributed by atoms with Gasteiger partial charge in [0.2, 0.25) is 11.8 Å². The maximum Gasteiger partial charge on any atom is 0.252 e. The number of hydrogen-bond acceptors (Lipinski definition) is 5. The zero-order chi connectivity index (χ0) is 23.0. The minimum Gasteiger partial charge on any atom is -0.345 e. The van der Waals surface area contributed by atoms with Crippen LogP contribution in [0.15, 0.2) is 53.4 Å². The van der Waals surface area contributed by atoms with Gasteiger partial charge in [0.25, 0.3) is 5.91 Å². The summed E-state index contributed by atoms with van der Waals surface area (Å²) in [6.45, 7) is 6.77. The van der Waals surface area contributed by atoms with Gasteiger partial charge < -0.3 is 16.0 Å². The second kappa shape index (κ2) is 10.8. The minimum atomic E-state index is -0.531. The predicted molar refractivity (Wildman–Crippen MR) is 123 cm³/mol. The highest BCUT2D eigenvalue weighted by Gasteiger charge is 2.22. The number of hydrogen-bond donors (Lipinski definition) is 3. The predicted octanol–water partition coefficient (Wildman–Crippen LogP) is 3.72. The molecule has 31 heavy (non-hydrogen) atoms. The van der Waals surface area contributed by atoms with Gasteiger partial charge in [-0.25, -0.2) is 0 Å². The third-order valence-corrected chi connectivity index (χ3v) is 5.28. The van der Waals surface area contributed by atoms with Gasteiger partial charge in [-0.15, -0.1) is 11.8 Å². The van der Waals surface area contributed by atoms with Crippen molar-refractivity contribution in [3.05, 3.63) is 54.1 Å². The molecule has 0 aromatic heterocycles.